The number of carbonyl (C=O) groups excluding carboxylic acids is 1. The number of carboxylic acid groups (broad SMARTS) is 1. The van der Waals surface area contributed by atoms with E-state index >= 15 is 0 Å². The van der Waals surface area contributed by atoms with Gasteiger partial charge >= 0.3 is 35.0 Å². The van der Waals surface area contributed by atoms with E-state index in [1.54, 1.807) is 0 Å². The molecule has 0 heterocycles. The van der Waals surface area contributed by atoms with Crippen LogP contribution < -0.4 is 0 Å². The molecule has 0 rings (SSSR count). The molecule has 0 atom stereocenters. The first kappa shape index (κ1) is 30.9. The molecule has 0 bridgehead atoms. The molecule has 0 amide bonds. The number of allylic oxidation sites excluding steroid dienone is 2. The Morgan fingerprint density at radius 1 is 0.852 bits per heavy atom. The molecule has 0 aromatic rings. The van der Waals surface area contributed by atoms with Gasteiger partial charge in [0.25, 0.3) is 0 Å². The maximum Gasteiger partial charge on any atom is 0.329 e. The molecule has 0 aliphatic heterocycles. The second-order valence-electron chi connectivity index (χ2n) is 6.46. The second-order valence-corrected chi connectivity index (χ2v) is 6.46. The lowest BCUT2D eigenvalue weighted by Crippen LogP contribution is -1.93. The van der Waals surface area contributed by atoms with Crippen molar-refractivity contribution in [1.82, 2.24) is 0 Å². The molecule has 0 unspecified atom stereocenters. The van der Waals surface area contributed by atoms with Crippen LogP contribution in [-0.2, 0) is 14.3 Å². The third kappa shape index (κ3) is 33.2. The predicted octanol–water partition coefficient (Wildman–Crippen LogP) is 5.54. The molecule has 0 fully saturated rings. The minimum atomic E-state index is -0.664. The van der Waals surface area contributed by atoms with Crippen molar-refractivity contribution in [1.29, 1.82) is 0 Å². The van der Waals surface area contributed by atoms with Crippen molar-refractivity contribution in [3.05, 3.63) is 24.8 Å². The van der Waals surface area contributed by atoms with Crippen LogP contribution in [0.4, 0.5) is 0 Å². The number of unbranched alkanes of at least 4 members (excludes halogenated alkanes) is 11. The molecule has 0 aromatic carbocycles. The monoisotopic (exact) mass is 394 g/mol. The van der Waals surface area contributed by atoms with E-state index in [2.05, 4.69) is 30.4 Å². The summed E-state index contributed by atoms with van der Waals surface area (Å²) in [4.78, 5) is 20.2. The normalized spacial score (nSPS) is 9.85. The second kappa shape index (κ2) is 27.4. The zero-order valence-electron chi connectivity index (χ0n) is 17.0. The van der Waals surface area contributed by atoms with Crippen LogP contribution in [0.15, 0.2) is 24.8 Å². The van der Waals surface area contributed by atoms with Gasteiger partial charge in [-0.1, -0.05) is 77.0 Å². The lowest BCUT2D eigenvalue weighted by Gasteiger charge is -1.99. The molecule has 0 radical (unpaired) electrons. The van der Waals surface area contributed by atoms with Crippen molar-refractivity contribution in [2.45, 2.75) is 96.8 Å². The van der Waals surface area contributed by atoms with Crippen molar-refractivity contribution < 1.29 is 19.4 Å². The van der Waals surface area contributed by atoms with Gasteiger partial charge in [0, 0.05) is 12.5 Å². The molecule has 0 saturated carbocycles. The zero-order chi connectivity index (χ0) is 19.9. The minimum absolute atomic E-state index is 0. The summed E-state index contributed by atoms with van der Waals surface area (Å²) in [7, 11) is 1.31. The molecule has 0 aliphatic carbocycles. The van der Waals surface area contributed by atoms with Gasteiger partial charge in [-0.15, -0.1) is 0 Å². The van der Waals surface area contributed by atoms with Crippen LogP contribution in [0.2, 0.25) is 0 Å². The number of aliphatic carboxylic acids is 1. The fraction of sp³-hybridized carbons (Fsp3) is 0.727. The van der Waals surface area contributed by atoms with E-state index in [1.165, 1.54) is 77.7 Å². The maximum atomic E-state index is 10.3. The van der Waals surface area contributed by atoms with E-state index in [1.807, 2.05) is 0 Å². The summed E-state index contributed by atoms with van der Waals surface area (Å²) in [5.74, 6) is -1.06. The number of hydrogen-bond acceptors (Lipinski definition) is 3. The van der Waals surface area contributed by atoms with Gasteiger partial charge < -0.3 is 9.84 Å². The number of ether oxygens (including phenoxy) is 1. The van der Waals surface area contributed by atoms with E-state index < -0.39 is 11.9 Å². The Balaban J connectivity index is -0.000000709. The van der Waals surface area contributed by atoms with Crippen LogP contribution in [-0.4, -0.2) is 47.2 Å². The molecule has 1 N–H and O–H groups in total. The first-order chi connectivity index (χ1) is 12.6. The molecule has 156 valence electrons. The number of esters is 1. The lowest BCUT2D eigenvalue weighted by molar-refractivity contribution is -0.137. The van der Waals surface area contributed by atoms with Gasteiger partial charge in [-0.3, -0.25) is 4.79 Å². The molecule has 4 nitrogen and oxygen atoms in total. The number of hydrogen-bond donors (Lipinski definition) is 1. The van der Waals surface area contributed by atoms with Gasteiger partial charge in [0.15, 0.2) is 0 Å². The fourth-order valence-corrected chi connectivity index (χ4v) is 2.43. The van der Waals surface area contributed by atoms with E-state index in [0.29, 0.717) is 6.42 Å². The van der Waals surface area contributed by atoms with Gasteiger partial charge in [0.1, 0.15) is 0 Å². The Labute approximate surface area is 183 Å². The third-order valence-electron chi connectivity index (χ3n) is 4.02. The molecule has 5 heteroatoms. The quantitative estimate of drug-likeness (QED) is 0.123. The van der Waals surface area contributed by atoms with Crippen LogP contribution in [0.25, 0.3) is 0 Å². The molecule has 0 spiro atoms. The zero-order valence-corrected chi connectivity index (χ0v) is 17.0. The first-order valence-corrected chi connectivity index (χ1v) is 10.2. The smallest absolute Gasteiger partial charge is 0.329 e. The highest BCUT2D eigenvalue weighted by Gasteiger charge is 1.95. The van der Waals surface area contributed by atoms with Gasteiger partial charge in [0.05, 0.1) is 7.11 Å². The lowest BCUT2D eigenvalue weighted by atomic mass is 10.1. The Bertz CT molecular complexity index is 367. The van der Waals surface area contributed by atoms with Crippen molar-refractivity contribution in [3.63, 3.8) is 0 Å². The number of carboxylic acids is 1. The van der Waals surface area contributed by atoms with Crippen molar-refractivity contribution in [2.75, 3.05) is 7.11 Å². The average Bonchev–Trinajstić information content (AvgIpc) is 2.64. The summed E-state index contributed by atoms with van der Waals surface area (Å²) in [5.41, 5.74) is 0. The summed E-state index contributed by atoms with van der Waals surface area (Å²) in [6.45, 7) is 5.42. The number of rotatable bonds is 16. The van der Waals surface area contributed by atoms with Gasteiger partial charge in [-0.25, -0.2) is 4.79 Å². The van der Waals surface area contributed by atoms with Crippen LogP contribution >= 0.6 is 0 Å². The van der Waals surface area contributed by atoms with Gasteiger partial charge in [-0.2, -0.15) is 0 Å². The molecule has 0 aliphatic rings. The topological polar surface area (TPSA) is 63.6 Å². The highest BCUT2D eigenvalue weighted by atomic mass is 24.3. The third-order valence-corrected chi connectivity index (χ3v) is 4.02. The predicted molar refractivity (Wildman–Crippen MR) is 118 cm³/mol. The Morgan fingerprint density at radius 3 is 1.67 bits per heavy atom. The van der Waals surface area contributed by atoms with Crippen LogP contribution in [0.1, 0.15) is 96.8 Å². The molecular weight excluding hydrogens is 353 g/mol. The number of methoxy groups -OCH3 is 1. The maximum absolute atomic E-state index is 10.3. The van der Waals surface area contributed by atoms with Crippen LogP contribution in [0, 0.1) is 0 Å². The number of carbonyl (C=O) groups is 2. The Morgan fingerprint density at radius 2 is 1.30 bits per heavy atom. The van der Waals surface area contributed by atoms with Crippen molar-refractivity contribution >= 4 is 35.0 Å². The first-order valence-electron chi connectivity index (χ1n) is 10.2. The largest absolute Gasteiger partial charge is 0.481 e. The van der Waals surface area contributed by atoms with E-state index in [-0.39, 0.29) is 23.1 Å². The van der Waals surface area contributed by atoms with Gasteiger partial charge in [0.2, 0.25) is 0 Å². The van der Waals surface area contributed by atoms with Crippen LogP contribution in [0.5, 0.6) is 0 Å². The average molecular weight is 395 g/mol. The molecule has 27 heavy (non-hydrogen) atoms. The van der Waals surface area contributed by atoms with E-state index in [0.717, 1.165) is 18.9 Å². The standard InChI is InChI=1S/C18H34O2.C4H6O2.Mg.2H/c1-2-3-4-5-6-7-8-9-10-11-12-13-14-15-16-17-18(19)20;1-3-4(5)6-2;;;/h9-10H,2-8,11-17H2,1H3,(H,19,20);3H,1H2,2H3;;;/b10-9-;;;;. The van der Waals surface area contributed by atoms with E-state index in [4.69, 9.17) is 5.11 Å². The van der Waals surface area contributed by atoms with Crippen molar-refractivity contribution in [2.24, 2.45) is 0 Å². The van der Waals surface area contributed by atoms with Crippen LogP contribution in [0.3, 0.4) is 0 Å². The SMILES string of the molecule is C=CC(=O)OC.CCCCCCCC/C=C\CCCCCCCC(=O)O.[MgH2]. The van der Waals surface area contributed by atoms with Gasteiger partial charge in [-0.05, 0) is 32.1 Å². The summed E-state index contributed by atoms with van der Waals surface area (Å²) in [5, 5.41) is 8.51. The highest BCUT2D eigenvalue weighted by molar-refractivity contribution is 5.80. The summed E-state index contributed by atoms with van der Waals surface area (Å²) in [6, 6.07) is 0. The summed E-state index contributed by atoms with van der Waals surface area (Å²) in [6.07, 6.45) is 22.4. The minimum Gasteiger partial charge on any atom is -0.481 e. The Hall–Kier alpha value is -0.814. The summed E-state index contributed by atoms with van der Waals surface area (Å²) >= 11 is 0. The summed E-state index contributed by atoms with van der Waals surface area (Å²) < 4.78 is 4.14. The van der Waals surface area contributed by atoms with E-state index in [9.17, 15) is 9.59 Å². The molecule has 0 aromatic heterocycles. The fourth-order valence-electron chi connectivity index (χ4n) is 2.43. The highest BCUT2D eigenvalue weighted by Crippen LogP contribution is 2.09. The Kier molecular flexibility index (Phi) is 31.4. The van der Waals surface area contributed by atoms with Crippen molar-refractivity contribution in [3.8, 4) is 0 Å². The molecular formula is C22H42MgO4. The molecule has 0 saturated heterocycles.